The van der Waals surface area contributed by atoms with Gasteiger partial charge in [0, 0.05) is 18.2 Å². The summed E-state index contributed by atoms with van der Waals surface area (Å²) in [6.45, 7) is 2.31. The van der Waals surface area contributed by atoms with Crippen LogP contribution in [0.25, 0.3) is 0 Å². The van der Waals surface area contributed by atoms with Crippen molar-refractivity contribution in [3.8, 4) is 11.5 Å². The molecule has 1 saturated heterocycles. The molecule has 1 fully saturated rings. The first-order valence-corrected chi connectivity index (χ1v) is 6.74. The highest BCUT2D eigenvalue weighted by Crippen LogP contribution is 2.44. The molecule has 0 aliphatic carbocycles. The molecular formula is C14H18ClNO4. The summed E-state index contributed by atoms with van der Waals surface area (Å²) in [6, 6.07) is 1.71. The average molecular weight is 300 g/mol. The van der Waals surface area contributed by atoms with Gasteiger partial charge in [-0.2, -0.15) is 0 Å². The minimum atomic E-state index is -0.797. The molecule has 0 amide bonds. The number of carbonyl (C=O) groups is 1. The maximum absolute atomic E-state index is 11.1. The highest BCUT2D eigenvalue weighted by Gasteiger charge is 2.34. The van der Waals surface area contributed by atoms with Crippen LogP contribution in [-0.4, -0.2) is 31.8 Å². The first-order chi connectivity index (χ1) is 9.49. The Labute approximate surface area is 122 Å². The third kappa shape index (κ3) is 2.55. The number of carboxylic acid groups (broad SMARTS) is 1. The topological polar surface area (TPSA) is 67.8 Å². The summed E-state index contributed by atoms with van der Waals surface area (Å²) in [5, 5.41) is 12.8. The van der Waals surface area contributed by atoms with Crippen LogP contribution in [0.2, 0.25) is 5.02 Å². The quantitative estimate of drug-likeness (QED) is 0.893. The second-order valence-corrected chi connectivity index (χ2v) is 5.27. The Bertz CT molecular complexity index is 532. The van der Waals surface area contributed by atoms with E-state index in [1.807, 2.05) is 13.0 Å². The minimum absolute atomic E-state index is 0.145. The number of carboxylic acids is 1. The summed E-state index contributed by atoms with van der Waals surface area (Å²) in [5.74, 6) is 0.0436. The fourth-order valence-corrected chi connectivity index (χ4v) is 3.08. The molecule has 0 aromatic heterocycles. The van der Waals surface area contributed by atoms with Gasteiger partial charge >= 0.3 is 5.97 Å². The second kappa shape index (κ2) is 5.89. The molecule has 110 valence electrons. The molecule has 0 saturated carbocycles. The first kappa shape index (κ1) is 14.9. The summed E-state index contributed by atoms with van der Waals surface area (Å²) in [4.78, 5) is 11.1. The number of nitrogens with one attached hydrogen (secondary N) is 1. The zero-order valence-electron chi connectivity index (χ0n) is 11.7. The molecule has 20 heavy (non-hydrogen) atoms. The third-order valence-electron chi connectivity index (χ3n) is 3.66. The number of benzene rings is 1. The van der Waals surface area contributed by atoms with E-state index in [1.165, 1.54) is 0 Å². The SMILES string of the molecule is COc1cc(C)c(OC)c(Cl)c1C1CC(C(=O)O)CN1. The molecule has 1 aliphatic heterocycles. The van der Waals surface area contributed by atoms with E-state index in [-0.39, 0.29) is 6.04 Å². The average Bonchev–Trinajstić information content (AvgIpc) is 2.87. The fraction of sp³-hybridized carbons (Fsp3) is 0.500. The summed E-state index contributed by atoms with van der Waals surface area (Å²) in [7, 11) is 3.14. The lowest BCUT2D eigenvalue weighted by Crippen LogP contribution is -2.17. The van der Waals surface area contributed by atoms with Crippen molar-refractivity contribution in [3.05, 3.63) is 22.2 Å². The van der Waals surface area contributed by atoms with Crippen LogP contribution in [0.1, 0.15) is 23.6 Å². The Hall–Kier alpha value is -1.46. The molecule has 0 spiro atoms. The van der Waals surface area contributed by atoms with Crippen LogP contribution in [0.3, 0.4) is 0 Å². The lowest BCUT2D eigenvalue weighted by Gasteiger charge is -2.20. The monoisotopic (exact) mass is 299 g/mol. The normalized spacial score (nSPS) is 21.8. The van der Waals surface area contributed by atoms with Crippen molar-refractivity contribution < 1.29 is 19.4 Å². The van der Waals surface area contributed by atoms with E-state index in [2.05, 4.69) is 5.32 Å². The van der Waals surface area contributed by atoms with E-state index in [0.717, 1.165) is 11.1 Å². The van der Waals surface area contributed by atoms with Crippen molar-refractivity contribution in [2.24, 2.45) is 5.92 Å². The smallest absolute Gasteiger partial charge is 0.307 e. The largest absolute Gasteiger partial charge is 0.496 e. The van der Waals surface area contributed by atoms with E-state index < -0.39 is 11.9 Å². The van der Waals surface area contributed by atoms with Crippen LogP contribution in [0.15, 0.2) is 6.07 Å². The molecule has 1 aromatic rings. The summed E-state index contributed by atoms with van der Waals surface area (Å²) >= 11 is 6.41. The summed E-state index contributed by atoms with van der Waals surface area (Å²) in [5.41, 5.74) is 1.64. The van der Waals surface area contributed by atoms with E-state index >= 15 is 0 Å². The molecule has 2 N–H and O–H groups in total. The number of hydrogen-bond acceptors (Lipinski definition) is 4. The molecule has 0 bridgehead atoms. The number of rotatable bonds is 4. The van der Waals surface area contributed by atoms with Gasteiger partial charge in [-0.1, -0.05) is 11.6 Å². The molecule has 1 aliphatic rings. The number of methoxy groups -OCH3 is 2. The summed E-state index contributed by atoms with van der Waals surface area (Å²) in [6.07, 6.45) is 0.484. The molecule has 1 aromatic carbocycles. The van der Waals surface area contributed by atoms with Crippen molar-refractivity contribution in [2.45, 2.75) is 19.4 Å². The van der Waals surface area contributed by atoms with Gasteiger partial charge in [-0.3, -0.25) is 4.79 Å². The molecule has 0 radical (unpaired) electrons. The maximum atomic E-state index is 11.1. The zero-order chi connectivity index (χ0) is 14.9. The Balaban J connectivity index is 2.43. The number of hydrogen-bond donors (Lipinski definition) is 2. The number of aliphatic carboxylic acids is 1. The van der Waals surface area contributed by atoms with Crippen molar-refractivity contribution in [1.29, 1.82) is 0 Å². The predicted octanol–water partition coefficient (Wildman–Crippen LogP) is 2.40. The van der Waals surface area contributed by atoms with E-state index in [0.29, 0.717) is 29.5 Å². The summed E-state index contributed by atoms with van der Waals surface area (Å²) < 4.78 is 10.7. The van der Waals surface area contributed by atoms with Crippen molar-refractivity contribution in [1.82, 2.24) is 5.32 Å². The lowest BCUT2D eigenvalue weighted by molar-refractivity contribution is -0.141. The predicted molar refractivity (Wildman–Crippen MR) is 75.8 cm³/mol. The number of ether oxygens (including phenoxy) is 2. The molecule has 1 heterocycles. The molecule has 2 unspecified atom stereocenters. The number of halogens is 1. The standard InChI is InChI=1S/C14H18ClNO4/c1-7-4-10(19-2)11(12(15)13(7)20-3)9-5-8(6-16-9)14(17)18/h4,8-9,16H,5-6H2,1-3H3,(H,17,18). The van der Waals surface area contributed by atoms with Gasteiger partial charge in [0.1, 0.15) is 11.5 Å². The Morgan fingerprint density at radius 2 is 2.15 bits per heavy atom. The molecule has 2 rings (SSSR count). The van der Waals surface area contributed by atoms with Crippen molar-refractivity contribution in [2.75, 3.05) is 20.8 Å². The van der Waals surface area contributed by atoms with Gasteiger partial charge in [0.25, 0.3) is 0 Å². The van der Waals surface area contributed by atoms with Crippen LogP contribution in [0.5, 0.6) is 11.5 Å². The highest BCUT2D eigenvalue weighted by atomic mass is 35.5. The van der Waals surface area contributed by atoms with E-state index in [4.69, 9.17) is 26.2 Å². The van der Waals surface area contributed by atoms with E-state index in [9.17, 15) is 4.79 Å². The van der Waals surface area contributed by atoms with Crippen molar-refractivity contribution in [3.63, 3.8) is 0 Å². The first-order valence-electron chi connectivity index (χ1n) is 6.36. The lowest BCUT2D eigenvalue weighted by atomic mass is 9.97. The van der Waals surface area contributed by atoms with Gasteiger partial charge in [0.15, 0.2) is 0 Å². The Morgan fingerprint density at radius 3 is 2.65 bits per heavy atom. The Morgan fingerprint density at radius 1 is 1.45 bits per heavy atom. The van der Waals surface area contributed by atoms with Crippen LogP contribution in [0.4, 0.5) is 0 Å². The Kier molecular flexibility index (Phi) is 4.40. The van der Waals surface area contributed by atoms with Gasteiger partial charge in [0.2, 0.25) is 0 Å². The second-order valence-electron chi connectivity index (χ2n) is 4.89. The third-order valence-corrected chi connectivity index (χ3v) is 4.03. The molecular weight excluding hydrogens is 282 g/mol. The minimum Gasteiger partial charge on any atom is -0.496 e. The fourth-order valence-electron chi connectivity index (χ4n) is 2.63. The highest BCUT2D eigenvalue weighted by molar-refractivity contribution is 6.33. The molecule has 6 heteroatoms. The molecule has 2 atom stereocenters. The van der Waals surface area contributed by atoms with Gasteiger partial charge < -0.3 is 19.9 Å². The van der Waals surface area contributed by atoms with E-state index in [1.54, 1.807) is 14.2 Å². The zero-order valence-corrected chi connectivity index (χ0v) is 12.5. The van der Waals surface area contributed by atoms with Crippen LogP contribution in [-0.2, 0) is 4.79 Å². The van der Waals surface area contributed by atoms with Gasteiger partial charge in [-0.25, -0.2) is 0 Å². The maximum Gasteiger partial charge on any atom is 0.307 e. The van der Waals surface area contributed by atoms with Crippen LogP contribution < -0.4 is 14.8 Å². The number of aryl methyl sites for hydroxylation is 1. The molecule has 5 nitrogen and oxygen atoms in total. The van der Waals surface area contributed by atoms with Crippen LogP contribution in [0, 0.1) is 12.8 Å². The van der Waals surface area contributed by atoms with Gasteiger partial charge in [0.05, 0.1) is 25.2 Å². The van der Waals surface area contributed by atoms with Gasteiger partial charge in [-0.05, 0) is 25.0 Å². The van der Waals surface area contributed by atoms with Crippen LogP contribution >= 0.6 is 11.6 Å². The van der Waals surface area contributed by atoms with Gasteiger partial charge in [-0.15, -0.1) is 0 Å². The van der Waals surface area contributed by atoms with Crippen molar-refractivity contribution >= 4 is 17.6 Å².